The van der Waals surface area contributed by atoms with Crippen molar-refractivity contribution in [2.75, 3.05) is 6.61 Å². The van der Waals surface area contributed by atoms with Gasteiger partial charge in [-0.15, -0.1) is 0 Å². The molecular formula is C14H24F3N3O. The van der Waals surface area contributed by atoms with Gasteiger partial charge in [0.1, 0.15) is 0 Å². The van der Waals surface area contributed by atoms with E-state index in [0.717, 1.165) is 18.8 Å². The van der Waals surface area contributed by atoms with Gasteiger partial charge in [0.25, 0.3) is 0 Å². The quantitative estimate of drug-likeness (QED) is 0.776. The number of hydrogen-bond donors (Lipinski definition) is 2. The average molecular weight is 307 g/mol. The van der Waals surface area contributed by atoms with Crippen molar-refractivity contribution in [3.8, 4) is 0 Å². The zero-order chi connectivity index (χ0) is 16.1. The Morgan fingerprint density at radius 3 is 2.48 bits per heavy atom. The van der Waals surface area contributed by atoms with Crippen LogP contribution in [0.4, 0.5) is 13.2 Å². The van der Waals surface area contributed by atoms with Gasteiger partial charge in [0, 0.05) is 24.3 Å². The smallest absolute Gasteiger partial charge is 0.394 e. The zero-order valence-electron chi connectivity index (χ0n) is 12.7. The Kier molecular flexibility index (Phi) is 6.22. The van der Waals surface area contributed by atoms with Crippen molar-refractivity contribution in [3.05, 3.63) is 18.0 Å². The summed E-state index contributed by atoms with van der Waals surface area (Å²) in [7, 11) is 0. The molecule has 0 saturated heterocycles. The third-order valence-electron chi connectivity index (χ3n) is 3.58. The number of hydrogen-bond acceptors (Lipinski definition) is 3. The molecule has 21 heavy (non-hydrogen) atoms. The topological polar surface area (TPSA) is 50.1 Å². The van der Waals surface area contributed by atoms with Gasteiger partial charge in [0.05, 0.1) is 18.4 Å². The first-order valence-electron chi connectivity index (χ1n) is 7.20. The van der Waals surface area contributed by atoms with Crippen LogP contribution in [0.2, 0.25) is 0 Å². The predicted octanol–water partition coefficient (Wildman–Crippen LogP) is 2.82. The lowest BCUT2D eigenvalue weighted by atomic mass is 9.90. The summed E-state index contributed by atoms with van der Waals surface area (Å²) in [6, 6.07) is 0.235. The van der Waals surface area contributed by atoms with E-state index < -0.39 is 11.7 Å². The summed E-state index contributed by atoms with van der Waals surface area (Å²) in [5.41, 5.74) is -1.11. The van der Waals surface area contributed by atoms with E-state index in [4.69, 9.17) is 0 Å². The molecule has 0 bridgehead atoms. The van der Waals surface area contributed by atoms with Gasteiger partial charge in [0.2, 0.25) is 0 Å². The third-order valence-corrected chi connectivity index (χ3v) is 3.58. The fraction of sp³-hybridized carbons (Fsp3) is 0.786. The molecule has 0 amide bonds. The maximum Gasteiger partial charge on any atom is 0.419 e. The molecule has 4 nitrogen and oxygen atoms in total. The maximum atomic E-state index is 12.5. The van der Waals surface area contributed by atoms with Crippen molar-refractivity contribution < 1.29 is 18.3 Å². The number of aromatic nitrogens is 2. The Labute approximate surface area is 123 Å². The second-order valence-corrected chi connectivity index (χ2v) is 5.68. The highest BCUT2D eigenvalue weighted by Gasteiger charge is 2.32. The van der Waals surface area contributed by atoms with Crippen LogP contribution < -0.4 is 5.32 Å². The van der Waals surface area contributed by atoms with E-state index >= 15 is 0 Å². The minimum atomic E-state index is -4.35. The lowest BCUT2D eigenvalue weighted by Gasteiger charge is -2.34. The van der Waals surface area contributed by atoms with Crippen LogP contribution in [0, 0.1) is 0 Å². The average Bonchev–Trinajstić information content (AvgIpc) is 2.85. The van der Waals surface area contributed by atoms with Gasteiger partial charge in [-0.2, -0.15) is 18.3 Å². The van der Waals surface area contributed by atoms with Crippen molar-refractivity contribution in [2.24, 2.45) is 0 Å². The molecule has 0 fully saturated rings. The number of aliphatic hydroxyl groups is 1. The first kappa shape index (κ1) is 18.0. The van der Waals surface area contributed by atoms with E-state index in [0.29, 0.717) is 19.4 Å². The summed E-state index contributed by atoms with van der Waals surface area (Å²) in [5, 5.41) is 16.7. The third kappa shape index (κ3) is 5.32. The molecular weight excluding hydrogens is 283 g/mol. The Morgan fingerprint density at radius 1 is 1.38 bits per heavy atom. The molecule has 0 aliphatic heterocycles. The Morgan fingerprint density at radius 2 is 2.05 bits per heavy atom. The second kappa shape index (κ2) is 7.26. The number of aliphatic hydroxyl groups excluding tert-OH is 1. The molecule has 1 aromatic heterocycles. The van der Waals surface area contributed by atoms with Crippen LogP contribution in [0.3, 0.4) is 0 Å². The van der Waals surface area contributed by atoms with E-state index in [1.807, 2.05) is 20.8 Å². The van der Waals surface area contributed by atoms with E-state index in [9.17, 15) is 18.3 Å². The molecule has 0 saturated carbocycles. The fourth-order valence-corrected chi connectivity index (χ4v) is 2.41. The maximum absolute atomic E-state index is 12.5. The van der Waals surface area contributed by atoms with E-state index in [1.54, 1.807) is 0 Å². The summed E-state index contributed by atoms with van der Waals surface area (Å²) >= 11 is 0. The Hall–Kier alpha value is -1.08. The highest BCUT2D eigenvalue weighted by atomic mass is 19.4. The first-order chi connectivity index (χ1) is 9.72. The van der Waals surface area contributed by atoms with Gasteiger partial charge in [-0.25, -0.2) is 0 Å². The van der Waals surface area contributed by atoms with Crippen molar-refractivity contribution >= 4 is 0 Å². The summed E-state index contributed by atoms with van der Waals surface area (Å²) in [5.74, 6) is 0. The number of alkyl halides is 3. The van der Waals surface area contributed by atoms with Crippen LogP contribution in [0.15, 0.2) is 12.4 Å². The van der Waals surface area contributed by atoms with Crippen LogP contribution in [0.1, 0.15) is 45.6 Å². The van der Waals surface area contributed by atoms with Crippen molar-refractivity contribution in [1.29, 1.82) is 0 Å². The molecule has 0 radical (unpaired) electrons. The van der Waals surface area contributed by atoms with Gasteiger partial charge in [-0.3, -0.25) is 4.68 Å². The van der Waals surface area contributed by atoms with Crippen molar-refractivity contribution in [3.63, 3.8) is 0 Å². The van der Waals surface area contributed by atoms with Crippen molar-refractivity contribution in [2.45, 2.75) is 64.3 Å². The van der Waals surface area contributed by atoms with Gasteiger partial charge < -0.3 is 10.4 Å². The molecule has 1 atom stereocenters. The van der Waals surface area contributed by atoms with Crippen LogP contribution in [-0.2, 0) is 12.7 Å². The normalized spacial score (nSPS) is 15.4. The molecule has 1 unspecified atom stereocenters. The van der Waals surface area contributed by atoms with Gasteiger partial charge in [0.15, 0.2) is 0 Å². The molecule has 0 spiro atoms. The molecule has 2 N–H and O–H groups in total. The van der Waals surface area contributed by atoms with E-state index in [1.165, 1.54) is 4.68 Å². The standard InChI is InChI=1S/C14H24F3N3O/c1-4-13(10-21,19-11(2)3)6-5-7-20-9-12(8-18-20)14(15,16)17/h8-9,11,19,21H,4-7,10H2,1-3H3. The minimum Gasteiger partial charge on any atom is -0.394 e. The summed E-state index contributed by atoms with van der Waals surface area (Å²) in [4.78, 5) is 0. The lowest BCUT2D eigenvalue weighted by Crippen LogP contribution is -2.51. The highest BCUT2D eigenvalue weighted by Crippen LogP contribution is 2.28. The number of rotatable bonds is 8. The second-order valence-electron chi connectivity index (χ2n) is 5.68. The summed E-state index contributed by atoms with van der Waals surface area (Å²) < 4.78 is 38.7. The lowest BCUT2D eigenvalue weighted by molar-refractivity contribution is -0.137. The number of nitrogens with one attached hydrogen (secondary N) is 1. The molecule has 7 heteroatoms. The van der Waals surface area contributed by atoms with Gasteiger partial charge in [-0.1, -0.05) is 20.8 Å². The molecule has 0 aromatic carbocycles. The van der Waals surface area contributed by atoms with Crippen molar-refractivity contribution in [1.82, 2.24) is 15.1 Å². The molecule has 0 aliphatic carbocycles. The van der Waals surface area contributed by atoms with Crippen LogP contribution >= 0.6 is 0 Å². The van der Waals surface area contributed by atoms with Crippen LogP contribution in [0.25, 0.3) is 0 Å². The molecule has 0 aliphatic rings. The number of nitrogens with zero attached hydrogens (tertiary/aromatic N) is 2. The molecule has 1 aromatic rings. The fourth-order valence-electron chi connectivity index (χ4n) is 2.41. The number of halogens is 3. The molecule has 1 rings (SSSR count). The zero-order valence-corrected chi connectivity index (χ0v) is 12.7. The monoisotopic (exact) mass is 307 g/mol. The van der Waals surface area contributed by atoms with Crippen LogP contribution in [-0.4, -0.2) is 33.1 Å². The minimum absolute atomic E-state index is 0.00852. The SMILES string of the molecule is CCC(CO)(CCCn1cc(C(F)(F)F)cn1)NC(C)C. The first-order valence-corrected chi connectivity index (χ1v) is 7.20. The molecule has 122 valence electrons. The van der Waals surface area contributed by atoms with E-state index in [-0.39, 0.29) is 18.2 Å². The van der Waals surface area contributed by atoms with E-state index in [2.05, 4.69) is 10.4 Å². The Bertz CT molecular complexity index is 425. The largest absolute Gasteiger partial charge is 0.419 e. The molecule has 1 heterocycles. The number of aryl methyl sites for hydroxylation is 1. The Balaban J connectivity index is 2.56. The summed E-state index contributed by atoms with van der Waals surface area (Å²) in [6.45, 7) is 6.40. The summed E-state index contributed by atoms with van der Waals surface area (Å²) in [6.07, 6.45) is -0.412. The van der Waals surface area contributed by atoms with Gasteiger partial charge in [-0.05, 0) is 19.3 Å². The highest BCUT2D eigenvalue weighted by molar-refractivity contribution is 5.08. The van der Waals surface area contributed by atoms with Gasteiger partial charge >= 0.3 is 6.18 Å². The van der Waals surface area contributed by atoms with Crippen LogP contribution in [0.5, 0.6) is 0 Å². The predicted molar refractivity (Wildman–Crippen MR) is 74.8 cm³/mol.